The van der Waals surface area contributed by atoms with Gasteiger partial charge in [0, 0.05) is 31.1 Å². The molecule has 0 bridgehead atoms. The summed E-state index contributed by atoms with van der Waals surface area (Å²) < 4.78 is 14.4. The van der Waals surface area contributed by atoms with Crippen molar-refractivity contribution in [3.63, 3.8) is 0 Å². The highest BCUT2D eigenvalue weighted by molar-refractivity contribution is 7.10. The van der Waals surface area contributed by atoms with Gasteiger partial charge in [-0.15, -0.1) is 11.3 Å². The lowest BCUT2D eigenvalue weighted by molar-refractivity contribution is 0.194. The molecule has 1 fully saturated rings. The molecule has 1 aromatic carbocycles. The van der Waals surface area contributed by atoms with Gasteiger partial charge in [0.05, 0.1) is 16.6 Å². The van der Waals surface area contributed by atoms with Gasteiger partial charge >= 0.3 is 0 Å². The topological polar surface area (TPSA) is 35.5 Å². The van der Waals surface area contributed by atoms with Gasteiger partial charge in [0.25, 0.3) is 0 Å². The summed E-state index contributed by atoms with van der Waals surface area (Å²) in [4.78, 5) is 3.19. The summed E-state index contributed by atoms with van der Waals surface area (Å²) in [5.41, 5.74) is 0.270. The second-order valence-corrected chi connectivity index (χ2v) is 6.38. The Kier molecular flexibility index (Phi) is 4.45. The van der Waals surface area contributed by atoms with E-state index < -0.39 is 5.82 Å². The first-order chi connectivity index (χ1) is 10.2. The van der Waals surface area contributed by atoms with Crippen LogP contribution in [0.25, 0.3) is 0 Å². The molecule has 1 aliphatic heterocycles. The maximum absolute atomic E-state index is 14.4. The second-order valence-electron chi connectivity index (χ2n) is 5.00. The fourth-order valence-corrected chi connectivity index (χ4v) is 3.74. The molecule has 112 valence electrons. The lowest BCUT2D eigenvalue weighted by atomic mass is 10.0. The van der Waals surface area contributed by atoms with Crippen molar-refractivity contribution in [2.45, 2.75) is 6.04 Å². The van der Waals surface area contributed by atoms with Crippen molar-refractivity contribution in [2.75, 3.05) is 26.2 Å². The third-order valence-corrected chi connectivity index (χ3v) is 4.95. The number of hydrogen-bond donors (Lipinski definition) is 2. The van der Waals surface area contributed by atoms with Crippen LogP contribution in [-0.2, 0) is 0 Å². The van der Waals surface area contributed by atoms with Crippen LogP contribution in [0, 0.1) is 5.82 Å². The van der Waals surface area contributed by atoms with E-state index in [2.05, 4.69) is 10.2 Å². The predicted molar refractivity (Wildman–Crippen MR) is 83.7 cm³/mol. The Morgan fingerprint density at radius 2 is 2.05 bits per heavy atom. The van der Waals surface area contributed by atoms with Crippen molar-refractivity contribution in [1.29, 1.82) is 0 Å². The molecule has 0 radical (unpaired) electrons. The molecular weight excluding hydrogens is 311 g/mol. The largest absolute Gasteiger partial charge is 0.506 e. The molecule has 0 unspecified atom stereocenters. The fourth-order valence-electron chi connectivity index (χ4n) is 2.71. The minimum atomic E-state index is -0.422. The Labute approximate surface area is 132 Å². The maximum Gasteiger partial charge on any atom is 0.142 e. The number of benzene rings is 1. The molecule has 0 amide bonds. The van der Waals surface area contributed by atoms with E-state index in [1.807, 2.05) is 17.5 Å². The van der Waals surface area contributed by atoms with Crippen molar-refractivity contribution in [1.82, 2.24) is 10.2 Å². The van der Waals surface area contributed by atoms with Gasteiger partial charge in [-0.1, -0.05) is 17.7 Å². The van der Waals surface area contributed by atoms with Gasteiger partial charge in [-0.05, 0) is 23.6 Å². The van der Waals surface area contributed by atoms with Crippen LogP contribution in [0.3, 0.4) is 0 Å². The van der Waals surface area contributed by atoms with Gasteiger partial charge in [0.15, 0.2) is 0 Å². The van der Waals surface area contributed by atoms with Crippen LogP contribution in [-0.4, -0.2) is 36.2 Å². The molecule has 3 nitrogen and oxygen atoms in total. The van der Waals surface area contributed by atoms with Crippen LogP contribution < -0.4 is 5.32 Å². The first kappa shape index (κ1) is 14.8. The van der Waals surface area contributed by atoms with Crippen molar-refractivity contribution in [3.05, 3.63) is 50.9 Å². The van der Waals surface area contributed by atoms with Crippen molar-refractivity contribution in [2.24, 2.45) is 0 Å². The van der Waals surface area contributed by atoms with Gasteiger partial charge in [-0.25, -0.2) is 4.39 Å². The summed E-state index contributed by atoms with van der Waals surface area (Å²) in [6.07, 6.45) is 0. The molecule has 2 aromatic rings. The number of nitrogens with zero attached hydrogens (tertiary/aromatic N) is 1. The van der Waals surface area contributed by atoms with Crippen LogP contribution in [0.5, 0.6) is 5.75 Å². The van der Waals surface area contributed by atoms with E-state index in [0.29, 0.717) is 0 Å². The first-order valence-electron chi connectivity index (χ1n) is 6.83. The molecule has 2 heterocycles. The molecule has 6 heteroatoms. The zero-order valence-corrected chi connectivity index (χ0v) is 12.9. The van der Waals surface area contributed by atoms with Crippen molar-refractivity contribution in [3.8, 4) is 5.75 Å². The number of thiophene rings is 1. The minimum Gasteiger partial charge on any atom is -0.506 e. The SMILES string of the molecule is Oc1c(Cl)ccc(F)c1[C@@H](c1cccs1)N1CCNCC1. The number of phenols is 1. The summed E-state index contributed by atoms with van der Waals surface area (Å²) in [5, 5.41) is 15.7. The second kappa shape index (κ2) is 6.32. The molecule has 0 aliphatic carbocycles. The third-order valence-electron chi connectivity index (χ3n) is 3.72. The predicted octanol–water partition coefficient (Wildman–Crippen LogP) is 3.24. The average molecular weight is 327 g/mol. The van der Waals surface area contributed by atoms with E-state index in [0.717, 1.165) is 31.1 Å². The number of nitrogens with one attached hydrogen (secondary N) is 1. The summed E-state index contributed by atoms with van der Waals surface area (Å²) in [6, 6.07) is 6.32. The van der Waals surface area contributed by atoms with Crippen LogP contribution in [0.2, 0.25) is 5.02 Å². The van der Waals surface area contributed by atoms with Crippen molar-refractivity contribution < 1.29 is 9.50 Å². The molecule has 1 aromatic heterocycles. The summed E-state index contributed by atoms with van der Waals surface area (Å²) in [5.74, 6) is -0.581. The smallest absolute Gasteiger partial charge is 0.142 e. The van der Waals surface area contributed by atoms with Gasteiger partial charge in [-0.3, -0.25) is 4.90 Å². The van der Waals surface area contributed by atoms with E-state index in [9.17, 15) is 9.50 Å². The molecule has 0 saturated carbocycles. The molecule has 2 N–H and O–H groups in total. The normalized spacial score (nSPS) is 17.8. The Hall–Kier alpha value is -1.14. The monoisotopic (exact) mass is 326 g/mol. The molecule has 1 saturated heterocycles. The number of hydrogen-bond acceptors (Lipinski definition) is 4. The van der Waals surface area contributed by atoms with Gasteiger partial charge in [0.1, 0.15) is 11.6 Å². The van der Waals surface area contributed by atoms with Gasteiger partial charge < -0.3 is 10.4 Å². The quantitative estimate of drug-likeness (QED) is 0.909. The van der Waals surface area contributed by atoms with Crippen LogP contribution in [0.1, 0.15) is 16.5 Å². The number of aromatic hydroxyl groups is 1. The van der Waals surface area contributed by atoms with E-state index in [-0.39, 0.29) is 22.4 Å². The molecular formula is C15H16ClFN2OS. The van der Waals surface area contributed by atoms with Crippen LogP contribution in [0.4, 0.5) is 4.39 Å². The number of piperazine rings is 1. The highest BCUT2D eigenvalue weighted by atomic mass is 35.5. The Morgan fingerprint density at radius 1 is 1.29 bits per heavy atom. The lowest BCUT2D eigenvalue weighted by Crippen LogP contribution is -2.45. The van der Waals surface area contributed by atoms with Crippen molar-refractivity contribution >= 4 is 22.9 Å². The highest BCUT2D eigenvalue weighted by Crippen LogP contribution is 2.41. The first-order valence-corrected chi connectivity index (χ1v) is 8.09. The Morgan fingerprint density at radius 3 is 2.71 bits per heavy atom. The zero-order chi connectivity index (χ0) is 14.8. The minimum absolute atomic E-state index is 0.159. The summed E-state index contributed by atoms with van der Waals surface area (Å²) in [6.45, 7) is 3.30. The highest BCUT2D eigenvalue weighted by Gasteiger charge is 2.30. The van der Waals surface area contributed by atoms with Gasteiger partial charge in [0.2, 0.25) is 0 Å². The number of halogens is 2. The summed E-state index contributed by atoms with van der Waals surface area (Å²) in [7, 11) is 0. The number of phenolic OH excluding ortho intramolecular Hbond substituents is 1. The van der Waals surface area contributed by atoms with E-state index >= 15 is 0 Å². The van der Waals surface area contributed by atoms with Crippen LogP contribution in [0.15, 0.2) is 29.6 Å². The van der Waals surface area contributed by atoms with Gasteiger partial charge in [-0.2, -0.15) is 0 Å². The number of rotatable bonds is 3. The zero-order valence-electron chi connectivity index (χ0n) is 11.4. The molecule has 1 aliphatic rings. The molecule has 21 heavy (non-hydrogen) atoms. The standard InChI is InChI=1S/C15H16ClFN2OS/c16-10-3-4-11(17)13(15(10)20)14(12-2-1-9-21-12)19-7-5-18-6-8-19/h1-4,9,14,18,20H,5-8H2/t14-/m1/s1. The Bertz CT molecular complexity index is 614. The Balaban J connectivity index is 2.09. The van der Waals surface area contributed by atoms with E-state index in [1.54, 1.807) is 11.3 Å². The third kappa shape index (κ3) is 2.92. The fraction of sp³-hybridized carbons (Fsp3) is 0.333. The lowest BCUT2D eigenvalue weighted by Gasteiger charge is -2.35. The maximum atomic E-state index is 14.4. The molecule has 3 rings (SSSR count). The van der Waals surface area contributed by atoms with E-state index in [1.165, 1.54) is 12.1 Å². The summed E-state index contributed by atoms with van der Waals surface area (Å²) >= 11 is 7.55. The molecule has 0 spiro atoms. The van der Waals surface area contributed by atoms with E-state index in [4.69, 9.17) is 11.6 Å². The molecule has 1 atom stereocenters. The average Bonchev–Trinajstić information content (AvgIpc) is 3.02. The van der Waals surface area contributed by atoms with Crippen LogP contribution >= 0.6 is 22.9 Å².